The molecular formula is C26H40F3NO3. The van der Waals surface area contributed by atoms with Gasteiger partial charge >= 0.3 is 6.36 Å². The monoisotopic (exact) mass is 471 g/mol. The highest BCUT2D eigenvalue weighted by atomic mass is 19.4. The molecule has 0 amide bonds. The van der Waals surface area contributed by atoms with Gasteiger partial charge in [0.25, 0.3) is 0 Å². The van der Waals surface area contributed by atoms with Gasteiger partial charge in [-0.15, -0.1) is 13.2 Å². The maximum absolute atomic E-state index is 12.6. The molecule has 1 saturated heterocycles. The summed E-state index contributed by atoms with van der Waals surface area (Å²) in [4.78, 5) is 2.15. The van der Waals surface area contributed by atoms with Gasteiger partial charge in [-0.25, -0.2) is 0 Å². The van der Waals surface area contributed by atoms with Gasteiger partial charge in [-0.1, -0.05) is 37.1 Å². The van der Waals surface area contributed by atoms with E-state index in [1.807, 2.05) is 0 Å². The summed E-state index contributed by atoms with van der Waals surface area (Å²) in [6.45, 7) is 6.59. The zero-order valence-corrected chi connectivity index (χ0v) is 20.0. The van der Waals surface area contributed by atoms with Crippen LogP contribution in [0.4, 0.5) is 13.2 Å². The number of aliphatic hydroxyl groups excluding tert-OH is 2. The largest absolute Gasteiger partial charge is 0.522 e. The van der Waals surface area contributed by atoms with Crippen molar-refractivity contribution in [2.45, 2.75) is 96.3 Å². The van der Waals surface area contributed by atoms with Gasteiger partial charge in [0.05, 0.1) is 18.3 Å². The van der Waals surface area contributed by atoms with Gasteiger partial charge in [-0.2, -0.15) is 0 Å². The molecule has 0 aromatic carbocycles. The van der Waals surface area contributed by atoms with Gasteiger partial charge in [0.1, 0.15) is 0 Å². The quantitative estimate of drug-likeness (QED) is 0.578. The van der Waals surface area contributed by atoms with Crippen molar-refractivity contribution < 1.29 is 28.1 Å². The Morgan fingerprint density at radius 3 is 2.58 bits per heavy atom. The van der Waals surface area contributed by atoms with E-state index in [0.29, 0.717) is 56.5 Å². The molecule has 1 heterocycles. The summed E-state index contributed by atoms with van der Waals surface area (Å²) in [7, 11) is 0. The first-order valence-corrected chi connectivity index (χ1v) is 12.7. The van der Waals surface area contributed by atoms with Crippen molar-refractivity contribution in [3.63, 3.8) is 0 Å². The molecule has 3 saturated carbocycles. The SMILES string of the molecule is CC(CN1CCC(OC(F)(F)F)C1)[C@H]1CC[C@H]2C(=C/C=C3/C[C@@H](O)C[C@@H](O)C3)CCC[C@]12C. The summed E-state index contributed by atoms with van der Waals surface area (Å²) < 4.78 is 41.9. The summed E-state index contributed by atoms with van der Waals surface area (Å²) in [6.07, 6.45) is 6.28. The lowest BCUT2D eigenvalue weighted by Gasteiger charge is -2.45. The van der Waals surface area contributed by atoms with Crippen LogP contribution in [0.2, 0.25) is 0 Å². The Balaban J connectivity index is 1.38. The first-order valence-electron chi connectivity index (χ1n) is 12.7. The van der Waals surface area contributed by atoms with Gasteiger partial charge in [0.2, 0.25) is 0 Å². The van der Waals surface area contributed by atoms with Crippen LogP contribution < -0.4 is 0 Å². The summed E-state index contributed by atoms with van der Waals surface area (Å²) in [5.74, 6) is 1.56. The number of likely N-dealkylation sites (tertiary alicyclic amines) is 1. The Labute approximate surface area is 195 Å². The van der Waals surface area contributed by atoms with Crippen molar-refractivity contribution in [1.29, 1.82) is 0 Å². The zero-order chi connectivity index (χ0) is 23.8. The molecule has 188 valence electrons. The molecule has 4 nitrogen and oxygen atoms in total. The van der Waals surface area contributed by atoms with Crippen LogP contribution in [-0.2, 0) is 4.74 Å². The van der Waals surface area contributed by atoms with Crippen LogP contribution in [-0.4, -0.2) is 59.4 Å². The molecule has 0 radical (unpaired) electrons. The molecule has 0 aromatic heterocycles. The van der Waals surface area contributed by atoms with E-state index < -0.39 is 24.7 Å². The minimum absolute atomic E-state index is 0.231. The molecule has 4 fully saturated rings. The van der Waals surface area contributed by atoms with Gasteiger partial charge in [-0.05, 0) is 81.0 Å². The Morgan fingerprint density at radius 1 is 1.15 bits per heavy atom. The fourth-order valence-electron chi connectivity index (χ4n) is 7.53. The van der Waals surface area contributed by atoms with Gasteiger partial charge in [0.15, 0.2) is 0 Å². The lowest BCUT2D eigenvalue weighted by atomic mass is 9.61. The Hall–Kier alpha value is -0.890. The average molecular weight is 472 g/mol. The summed E-state index contributed by atoms with van der Waals surface area (Å²) in [5, 5.41) is 19.9. The van der Waals surface area contributed by atoms with E-state index in [-0.39, 0.29) is 5.41 Å². The van der Waals surface area contributed by atoms with Gasteiger partial charge in [0, 0.05) is 19.6 Å². The van der Waals surface area contributed by atoms with Crippen LogP contribution in [0.3, 0.4) is 0 Å². The second-order valence-electron chi connectivity index (χ2n) is 11.3. The number of aliphatic hydroxyl groups is 2. The van der Waals surface area contributed by atoms with E-state index in [0.717, 1.165) is 18.5 Å². The minimum Gasteiger partial charge on any atom is -0.393 e. The van der Waals surface area contributed by atoms with E-state index in [1.54, 1.807) is 0 Å². The van der Waals surface area contributed by atoms with Gasteiger partial charge < -0.3 is 15.1 Å². The van der Waals surface area contributed by atoms with Crippen LogP contribution in [0.25, 0.3) is 0 Å². The summed E-state index contributed by atoms with van der Waals surface area (Å²) >= 11 is 0. The van der Waals surface area contributed by atoms with E-state index in [4.69, 9.17) is 0 Å². The van der Waals surface area contributed by atoms with Crippen LogP contribution in [0.1, 0.15) is 71.6 Å². The molecule has 3 aliphatic carbocycles. The highest BCUT2D eigenvalue weighted by molar-refractivity contribution is 5.26. The Bertz CT molecular complexity index is 740. The van der Waals surface area contributed by atoms with Crippen molar-refractivity contribution in [1.82, 2.24) is 4.90 Å². The maximum Gasteiger partial charge on any atom is 0.522 e. The standard InChI is InChI=1S/C26H40F3NO3/c1-17(15-30-11-9-22(16-30)33-26(27,28)29)23-7-8-24-19(4-3-10-25(23,24)2)6-5-18-12-20(31)14-21(32)13-18/h5-6,17,20-24,31-32H,3-4,7-16H2,1-2H3/b18-5-,19-6?/t17?,20-,21+,22?,23-,24+,25-/m1/s1. The lowest BCUT2D eigenvalue weighted by Crippen LogP contribution is -2.39. The number of ether oxygens (including phenoxy) is 1. The topological polar surface area (TPSA) is 52.9 Å². The van der Waals surface area contributed by atoms with E-state index in [9.17, 15) is 23.4 Å². The number of halogens is 3. The predicted octanol–water partition coefficient (Wildman–Crippen LogP) is 5.21. The second-order valence-corrected chi connectivity index (χ2v) is 11.3. The average Bonchev–Trinajstić information content (AvgIpc) is 3.27. The Morgan fingerprint density at radius 2 is 1.88 bits per heavy atom. The maximum atomic E-state index is 12.6. The molecule has 1 aliphatic heterocycles. The molecule has 7 atom stereocenters. The molecule has 4 rings (SSSR count). The fourth-order valence-corrected chi connectivity index (χ4v) is 7.53. The van der Waals surface area contributed by atoms with Crippen LogP contribution in [0.5, 0.6) is 0 Å². The lowest BCUT2D eigenvalue weighted by molar-refractivity contribution is -0.340. The zero-order valence-electron chi connectivity index (χ0n) is 20.0. The molecule has 2 N–H and O–H groups in total. The summed E-state index contributed by atoms with van der Waals surface area (Å²) in [5.41, 5.74) is 2.86. The fraction of sp³-hybridized carbons (Fsp3) is 0.846. The normalized spacial score (nSPS) is 41.6. The third-order valence-electron chi connectivity index (χ3n) is 8.87. The highest BCUT2D eigenvalue weighted by Gasteiger charge is 2.51. The predicted molar refractivity (Wildman–Crippen MR) is 121 cm³/mol. The molecule has 0 aromatic rings. The van der Waals surface area contributed by atoms with E-state index >= 15 is 0 Å². The first kappa shape index (κ1) is 25.2. The first-order chi connectivity index (χ1) is 15.5. The number of hydrogen-bond donors (Lipinski definition) is 2. The number of nitrogens with zero attached hydrogens (tertiary/aromatic N) is 1. The van der Waals surface area contributed by atoms with Crippen molar-refractivity contribution in [3.8, 4) is 0 Å². The Kier molecular flexibility index (Phi) is 7.64. The van der Waals surface area contributed by atoms with Crippen molar-refractivity contribution >= 4 is 0 Å². The minimum atomic E-state index is -4.55. The second kappa shape index (κ2) is 10.00. The molecule has 4 aliphatic rings. The third kappa shape index (κ3) is 6.03. The van der Waals surface area contributed by atoms with Crippen molar-refractivity contribution in [2.75, 3.05) is 19.6 Å². The number of fused-ring (bicyclic) bond motifs is 1. The number of hydrogen-bond acceptors (Lipinski definition) is 4. The summed E-state index contributed by atoms with van der Waals surface area (Å²) in [6, 6.07) is 0. The van der Waals surface area contributed by atoms with Crippen LogP contribution in [0.15, 0.2) is 23.3 Å². The molecule has 7 heteroatoms. The van der Waals surface area contributed by atoms with Crippen molar-refractivity contribution in [2.24, 2.45) is 23.2 Å². The molecule has 33 heavy (non-hydrogen) atoms. The van der Waals surface area contributed by atoms with Crippen LogP contribution in [0, 0.1) is 23.2 Å². The smallest absolute Gasteiger partial charge is 0.393 e. The van der Waals surface area contributed by atoms with Gasteiger partial charge in [-0.3, -0.25) is 4.74 Å². The highest BCUT2D eigenvalue weighted by Crippen LogP contribution is 2.59. The van der Waals surface area contributed by atoms with E-state index in [2.05, 4.69) is 35.6 Å². The molecule has 0 bridgehead atoms. The van der Waals surface area contributed by atoms with Crippen molar-refractivity contribution in [3.05, 3.63) is 23.3 Å². The van der Waals surface area contributed by atoms with E-state index in [1.165, 1.54) is 31.3 Å². The molecule has 0 spiro atoms. The third-order valence-corrected chi connectivity index (χ3v) is 8.87. The number of alkyl halides is 3. The number of allylic oxidation sites excluding steroid dienone is 3. The van der Waals surface area contributed by atoms with Crippen LogP contribution >= 0.6 is 0 Å². The molecule has 2 unspecified atom stereocenters. The molecular weight excluding hydrogens is 431 g/mol. The number of rotatable bonds is 5.